The molecule has 7 nitrogen and oxygen atoms in total. The van der Waals surface area contributed by atoms with E-state index in [1.165, 1.54) is 9.58 Å². The summed E-state index contributed by atoms with van der Waals surface area (Å²) in [6.45, 7) is 6.51. The number of carboxylic acid groups (broad SMARTS) is 1. The number of benzene rings is 1. The Hall–Kier alpha value is -2.70. The van der Waals surface area contributed by atoms with Crippen molar-refractivity contribution in [2.45, 2.75) is 33.7 Å². The lowest BCUT2D eigenvalue weighted by Crippen LogP contribution is -2.36. The number of hydrogen-bond donors (Lipinski definition) is 1. The summed E-state index contributed by atoms with van der Waals surface area (Å²) in [4.78, 5) is 38.7. The highest BCUT2D eigenvalue weighted by Gasteiger charge is 2.42. The summed E-state index contributed by atoms with van der Waals surface area (Å²) in [5, 5.41) is 14.7. The van der Waals surface area contributed by atoms with E-state index >= 15 is 0 Å². The van der Waals surface area contributed by atoms with Crippen molar-refractivity contribution in [1.29, 1.82) is 0 Å². The van der Waals surface area contributed by atoms with Crippen LogP contribution in [-0.4, -0.2) is 44.8 Å². The first kappa shape index (κ1) is 18.1. The van der Waals surface area contributed by atoms with Crippen molar-refractivity contribution in [3.63, 3.8) is 0 Å². The summed E-state index contributed by atoms with van der Waals surface area (Å²) in [6, 6.07) is 6.93. The summed E-state index contributed by atoms with van der Waals surface area (Å²) in [5.41, 5.74) is -0.962. The first-order valence-corrected chi connectivity index (χ1v) is 8.75. The van der Waals surface area contributed by atoms with Gasteiger partial charge in [0.2, 0.25) is 0 Å². The molecule has 1 aromatic carbocycles. The first-order chi connectivity index (χ1) is 12.2. The first-order valence-electron chi connectivity index (χ1n) is 8.75. The lowest BCUT2D eigenvalue weighted by molar-refractivity contribution is -0.147. The highest BCUT2D eigenvalue weighted by Crippen LogP contribution is 2.31. The molecule has 0 aliphatic carbocycles. The van der Waals surface area contributed by atoms with Crippen LogP contribution in [0.3, 0.4) is 0 Å². The number of carbonyl (C=O) groups excluding carboxylic acids is 1. The summed E-state index contributed by atoms with van der Waals surface area (Å²) >= 11 is 0. The van der Waals surface area contributed by atoms with Crippen LogP contribution >= 0.6 is 0 Å². The number of aromatic nitrogens is 2. The van der Waals surface area contributed by atoms with Crippen LogP contribution in [0.25, 0.3) is 10.8 Å². The monoisotopic (exact) mass is 357 g/mol. The van der Waals surface area contributed by atoms with Crippen LogP contribution < -0.4 is 5.56 Å². The van der Waals surface area contributed by atoms with Gasteiger partial charge in [-0.25, -0.2) is 4.68 Å². The van der Waals surface area contributed by atoms with Crippen molar-refractivity contribution in [3.8, 4) is 0 Å². The maximum atomic E-state index is 13.1. The van der Waals surface area contributed by atoms with Gasteiger partial charge < -0.3 is 10.0 Å². The van der Waals surface area contributed by atoms with Gasteiger partial charge in [0.25, 0.3) is 11.5 Å². The molecule has 1 aromatic heterocycles. The molecule has 1 saturated heterocycles. The molecule has 0 saturated carbocycles. The highest BCUT2D eigenvalue weighted by molar-refractivity contribution is 6.05. The third-order valence-corrected chi connectivity index (χ3v) is 4.89. The van der Waals surface area contributed by atoms with Crippen LogP contribution in [0.2, 0.25) is 0 Å². The fraction of sp³-hybridized carbons (Fsp3) is 0.474. The molecule has 2 aromatic rings. The summed E-state index contributed by atoms with van der Waals surface area (Å²) in [5.74, 6) is -1.04. The molecule has 3 rings (SSSR count). The largest absolute Gasteiger partial charge is 0.481 e. The van der Waals surface area contributed by atoms with Gasteiger partial charge in [-0.1, -0.05) is 32.0 Å². The number of amides is 1. The van der Waals surface area contributed by atoms with Crippen molar-refractivity contribution >= 4 is 22.6 Å². The standard InChI is InChI=1S/C19H23N3O4/c1-12(2)10-22-16(23)14-7-5-4-6-13(14)15(20-22)17(24)21-9-8-19(3,11-21)18(25)26/h4-7,12H,8-11H2,1-3H3,(H,25,26). The second-order valence-electron chi connectivity index (χ2n) is 7.62. The van der Waals surface area contributed by atoms with E-state index in [0.29, 0.717) is 30.3 Å². The molecule has 1 aliphatic rings. The molecule has 26 heavy (non-hydrogen) atoms. The third kappa shape index (κ3) is 3.09. The molecule has 1 amide bonds. The van der Waals surface area contributed by atoms with E-state index in [-0.39, 0.29) is 29.6 Å². The van der Waals surface area contributed by atoms with Crippen LogP contribution in [-0.2, 0) is 11.3 Å². The van der Waals surface area contributed by atoms with Gasteiger partial charge in [-0.15, -0.1) is 0 Å². The van der Waals surface area contributed by atoms with Gasteiger partial charge in [0, 0.05) is 25.0 Å². The molecule has 0 bridgehead atoms. The fourth-order valence-electron chi connectivity index (χ4n) is 3.32. The average Bonchev–Trinajstić information content (AvgIpc) is 3.00. The van der Waals surface area contributed by atoms with Crippen LogP contribution in [0.15, 0.2) is 29.1 Å². The number of nitrogens with zero attached hydrogens (tertiary/aromatic N) is 3. The Bertz CT molecular complexity index is 934. The Morgan fingerprint density at radius 3 is 2.50 bits per heavy atom. The predicted octanol–water partition coefficient (Wildman–Crippen LogP) is 1.99. The molecule has 7 heteroatoms. The van der Waals surface area contributed by atoms with Crippen LogP contribution in [0.4, 0.5) is 0 Å². The Balaban J connectivity index is 2.07. The number of aliphatic carboxylic acids is 1. The Labute approximate surface area is 151 Å². The minimum absolute atomic E-state index is 0.139. The zero-order chi connectivity index (χ0) is 19.1. The SMILES string of the molecule is CC(C)Cn1nc(C(=O)N2CCC(C)(C(=O)O)C2)c2ccccc2c1=O. The zero-order valence-electron chi connectivity index (χ0n) is 15.2. The Morgan fingerprint density at radius 1 is 1.27 bits per heavy atom. The normalized spacial score (nSPS) is 20.1. The second-order valence-corrected chi connectivity index (χ2v) is 7.62. The minimum Gasteiger partial charge on any atom is -0.481 e. The van der Waals surface area contributed by atoms with Gasteiger partial charge in [0.05, 0.1) is 10.8 Å². The number of likely N-dealkylation sites (tertiary alicyclic amines) is 1. The van der Waals surface area contributed by atoms with Gasteiger partial charge in [0.1, 0.15) is 0 Å². The lowest BCUT2D eigenvalue weighted by atomic mass is 9.90. The molecular formula is C19H23N3O4. The van der Waals surface area contributed by atoms with Gasteiger partial charge in [-0.3, -0.25) is 14.4 Å². The molecule has 1 N–H and O–H groups in total. The van der Waals surface area contributed by atoms with Crippen molar-refractivity contribution in [1.82, 2.24) is 14.7 Å². The fourth-order valence-corrected chi connectivity index (χ4v) is 3.32. The number of fused-ring (bicyclic) bond motifs is 1. The maximum absolute atomic E-state index is 13.1. The molecule has 1 fully saturated rings. The van der Waals surface area contributed by atoms with Gasteiger partial charge in [0.15, 0.2) is 5.69 Å². The quantitative estimate of drug-likeness (QED) is 0.903. The maximum Gasteiger partial charge on any atom is 0.311 e. The van der Waals surface area contributed by atoms with Gasteiger partial charge in [-0.05, 0) is 25.3 Å². The van der Waals surface area contributed by atoms with E-state index in [4.69, 9.17) is 0 Å². The van der Waals surface area contributed by atoms with Crippen molar-refractivity contribution < 1.29 is 14.7 Å². The minimum atomic E-state index is -0.947. The van der Waals surface area contributed by atoms with Crippen molar-refractivity contribution in [3.05, 3.63) is 40.3 Å². The Kier molecular flexibility index (Phi) is 4.56. The average molecular weight is 357 g/mol. The predicted molar refractivity (Wildman–Crippen MR) is 97.1 cm³/mol. The molecule has 2 heterocycles. The summed E-state index contributed by atoms with van der Waals surface area (Å²) in [6.07, 6.45) is 0.400. The topological polar surface area (TPSA) is 92.5 Å². The molecule has 1 atom stereocenters. The number of carbonyl (C=O) groups is 2. The smallest absolute Gasteiger partial charge is 0.311 e. The molecule has 1 aliphatic heterocycles. The number of carboxylic acids is 1. The number of hydrogen-bond acceptors (Lipinski definition) is 4. The van der Waals surface area contributed by atoms with E-state index in [1.807, 2.05) is 13.8 Å². The van der Waals surface area contributed by atoms with E-state index in [0.717, 1.165) is 0 Å². The van der Waals surface area contributed by atoms with Crippen LogP contribution in [0.5, 0.6) is 0 Å². The molecule has 0 radical (unpaired) electrons. The number of rotatable bonds is 4. The summed E-state index contributed by atoms with van der Waals surface area (Å²) < 4.78 is 1.34. The van der Waals surface area contributed by atoms with E-state index < -0.39 is 11.4 Å². The van der Waals surface area contributed by atoms with Crippen molar-refractivity contribution in [2.24, 2.45) is 11.3 Å². The third-order valence-electron chi connectivity index (χ3n) is 4.89. The van der Waals surface area contributed by atoms with E-state index in [1.54, 1.807) is 31.2 Å². The highest BCUT2D eigenvalue weighted by atomic mass is 16.4. The Morgan fingerprint density at radius 2 is 1.92 bits per heavy atom. The van der Waals surface area contributed by atoms with E-state index in [9.17, 15) is 19.5 Å². The summed E-state index contributed by atoms with van der Waals surface area (Å²) in [7, 11) is 0. The second kappa shape index (κ2) is 6.55. The van der Waals surface area contributed by atoms with Gasteiger partial charge in [-0.2, -0.15) is 5.10 Å². The molecular weight excluding hydrogens is 334 g/mol. The van der Waals surface area contributed by atoms with Crippen LogP contribution in [0.1, 0.15) is 37.7 Å². The lowest BCUT2D eigenvalue weighted by Gasteiger charge is -2.21. The zero-order valence-corrected chi connectivity index (χ0v) is 15.2. The van der Waals surface area contributed by atoms with E-state index in [2.05, 4.69) is 5.10 Å². The molecule has 138 valence electrons. The van der Waals surface area contributed by atoms with Crippen molar-refractivity contribution in [2.75, 3.05) is 13.1 Å². The van der Waals surface area contributed by atoms with Gasteiger partial charge >= 0.3 is 5.97 Å². The van der Waals surface area contributed by atoms with Crippen LogP contribution in [0, 0.1) is 11.3 Å². The molecule has 1 unspecified atom stereocenters. The molecule has 0 spiro atoms.